The zero-order chi connectivity index (χ0) is 20.8. The molecule has 0 aliphatic carbocycles. The lowest BCUT2D eigenvalue weighted by atomic mass is 9.94. The zero-order valence-electron chi connectivity index (χ0n) is 16.8. The van der Waals surface area contributed by atoms with E-state index in [9.17, 15) is 13.2 Å². The second-order valence-electron chi connectivity index (χ2n) is 8.41. The third-order valence-corrected chi connectivity index (χ3v) is 6.53. The summed E-state index contributed by atoms with van der Waals surface area (Å²) in [5.74, 6) is 0.0331. The molecule has 29 heavy (non-hydrogen) atoms. The van der Waals surface area contributed by atoms with E-state index in [1.54, 1.807) is 35.2 Å². The topological polar surface area (TPSA) is 66.5 Å². The number of rotatable bonds is 3. The van der Waals surface area contributed by atoms with E-state index in [0.717, 1.165) is 28.4 Å². The van der Waals surface area contributed by atoms with Crippen LogP contribution in [0.25, 0.3) is 10.8 Å². The van der Waals surface area contributed by atoms with E-state index in [4.69, 9.17) is 0 Å². The smallest absolute Gasteiger partial charge is 0.261 e. The first kappa shape index (κ1) is 19.5. The maximum atomic E-state index is 12.9. The fourth-order valence-corrected chi connectivity index (χ4v) is 4.69. The van der Waals surface area contributed by atoms with E-state index in [1.165, 1.54) is 0 Å². The Labute approximate surface area is 171 Å². The fraction of sp³-hybridized carbons (Fsp3) is 0.261. The minimum atomic E-state index is -3.74. The van der Waals surface area contributed by atoms with Gasteiger partial charge in [-0.25, -0.2) is 8.42 Å². The van der Waals surface area contributed by atoms with Gasteiger partial charge in [-0.1, -0.05) is 57.2 Å². The molecule has 1 N–H and O–H groups in total. The van der Waals surface area contributed by atoms with Crippen molar-refractivity contribution >= 4 is 38.1 Å². The summed E-state index contributed by atoms with van der Waals surface area (Å²) < 4.78 is 28.5. The first-order valence-electron chi connectivity index (χ1n) is 9.62. The standard InChI is InChI=1S/C23H24N2O3S/c1-23(2,3)22(26)25-13-12-17-8-10-19(15-21(17)25)24-29(27,28)20-11-9-16-6-4-5-7-18(16)14-20/h4-11,14-15,24H,12-13H2,1-3H3. The number of nitrogens with zero attached hydrogens (tertiary/aromatic N) is 1. The van der Waals surface area contributed by atoms with Crippen molar-refractivity contribution in [1.29, 1.82) is 0 Å². The van der Waals surface area contributed by atoms with Crippen molar-refractivity contribution in [2.45, 2.75) is 32.1 Å². The highest BCUT2D eigenvalue weighted by molar-refractivity contribution is 7.92. The SMILES string of the molecule is CC(C)(C)C(=O)N1CCc2ccc(NS(=O)(=O)c3ccc4ccccc4c3)cc21. The molecule has 0 saturated carbocycles. The zero-order valence-corrected chi connectivity index (χ0v) is 17.6. The lowest BCUT2D eigenvalue weighted by Crippen LogP contribution is -2.38. The summed E-state index contributed by atoms with van der Waals surface area (Å²) >= 11 is 0. The Balaban J connectivity index is 1.65. The second kappa shape index (κ2) is 6.88. The number of amides is 1. The Morgan fingerprint density at radius 1 is 0.966 bits per heavy atom. The first-order valence-corrected chi connectivity index (χ1v) is 11.1. The predicted octanol–water partition coefficient (Wildman–Crippen LogP) is 4.58. The molecule has 1 amide bonds. The van der Waals surface area contributed by atoms with Gasteiger partial charge in [0, 0.05) is 17.6 Å². The lowest BCUT2D eigenvalue weighted by molar-refractivity contribution is -0.125. The van der Waals surface area contributed by atoms with Crippen LogP contribution in [0.1, 0.15) is 26.3 Å². The highest BCUT2D eigenvalue weighted by Crippen LogP contribution is 2.34. The first-order chi connectivity index (χ1) is 13.6. The van der Waals surface area contributed by atoms with Crippen molar-refractivity contribution in [1.82, 2.24) is 0 Å². The summed E-state index contributed by atoms with van der Waals surface area (Å²) in [5.41, 5.74) is 1.78. The van der Waals surface area contributed by atoms with Crippen LogP contribution in [0.3, 0.4) is 0 Å². The number of carbonyl (C=O) groups excluding carboxylic acids is 1. The molecule has 6 heteroatoms. The number of sulfonamides is 1. The van der Waals surface area contributed by atoms with Gasteiger partial charge in [0.2, 0.25) is 5.91 Å². The maximum Gasteiger partial charge on any atom is 0.261 e. The number of anilines is 2. The molecule has 0 radical (unpaired) electrons. The second-order valence-corrected chi connectivity index (χ2v) is 10.1. The number of benzene rings is 3. The molecule has 4 rings (SSSR count). The van der Waals surface area contributed by atoms with Gasteiger partial charge in [0.05, 0.1) is 10.6 Å². The summed E-state index contributed by atoms with van der Waals surface area (Å²) in [4.78, 5) is 14.7. The third kappa shape index (κ3) is 3.72. The molecule has 0 fully saturated rings. The van der Waals surface area contributed by atoms with E-state index in [0.29, 0.717) is 12.2 Å². The molecule has 3 aromatic carbocycles. The number of hydrogen-bond donors (Lipinski definition) is 1. The number of hydrogen-bond acceptors (Lipinski definition) is 3. The monoisotopic (exact) mass is 408 g/mol. The van der Waals surface area contributed by atoms with Crippen molar-refractivity contribution in [3.8, 4) is 0 Å². The van der Waals surface area contributed by atoms with Crippen molar-refractivity contribution < 1.29 is 13.2 Å². The van der Waals surface area contributed by atoms with Crippen LogP contribution in [0.15, 0.2) is 65.6 Å². The van der Waals surface area contributed by atoms with Crippen LogP contribution in [0.2, 0.25) is 0 Å². The summed E-state index contributed by atoms with van der Waals surface area (Å²) in [6, 6.07) is 18.1. The molecular formula is C23H24N2O3S. The Hall–Kier alpha value is -2.86. The highest BCUT2D eigenvalue weighted by atomic mass is 32.2. The van der Waals surface area contributed by atoms with Gasteiger partial charge >= 0.3 is 0 Å². The molecule has 0 bridgehead atoms. The average Bonchev–Trinajstić information content (AvgIpc) is 3.09. The van der Waals surface area contributed by atoms with Gasteiger partial charge in [-0.3, -0.25) is 9.52 Å². The molecule has 5 nitrogen and oxygen atoms in total. The van der Waals surface area contributed by atoms with Crippen molar-refractivity contribution in [3.05, 3.63) is 66.2 Å². The molecule has 0 spiro atoms. The Kier molecular flexibility index (Phi) is 4.62. The Morgan fingerprint density at radius 3 is 2.41 bits per heavy atom. The van der Waals surface area contributed by atoms with Gasteiger partial charge in [0.15, 0.2) is 0 Å². The van der Waals surface area contributed by atoms with Gasteiger partial charge < -0.3 is 4.90 Å². The average molecular weight is 409 g/mol. The normalized spacial score (nSPS) is 14.1. The molecule has 0 unspecified atom stereocenters. The molecule has 1 aliphatic rings. The minimum Gasteiger partial charge on any atom is -0.311 e. The Morgan fingerprint density at radius 2 is 1.69 bits per heavy atom. The van der Waals surface area contributed by atoms with Crippen LogP contribution in [0.4, 0.5) is 11.4 Å². The van der Waals surface area contributed by atoms with Crippen molar-refractivity contribution in [2.24, 2.45) is 5.41 Å². The predicted molar refractivity (Wildman–Crippen MR) is 117 cm³/mol. The van der Waals surface area contributed by atoms with Gasteiger partial charge in [0.25, 0.3) is 10.0 Å². The van der Waals surface area contributed by atoms with Crippen LogP contribution in [0, 0.1) is 5.41 Å². The van der Waals surface area contributed by atoms with Crippen molar-refractivity contribution in [2.75, 3.05) is 16.2 Å². The molecule has 0 atom stereocenters. The summed E-state index contributed by atoms with van der Waals surface area (Å²) in [5, 5.41) is 1.85. The summed E-state index contributed by atoms with van der Waals surface area (Å²) in [6.45, 7) is 6.28. The third-order valence-electron chi connectivity index (χ3n) is 5.15. The molecular weight excluding hydrogens is 384 g/mol. The van der Waals surface area contributed by atoms with Gasteiger partial charge in [-0.05, 0) is 47.0 Å². The van der Waals surface area contributed by atoms with Crippen LogP contribution >= 0.6 is 0 Å². The minimum absolute atomic E-state index is 0.0331. The molecule has 0 saturated heterocycles. The summed E-state index contributed by atoms with van der Waals surface area (Å²) in [6.07, 6.45) is 0.773. The highest BCUT2D eigenvalue weighted by Gasteiger charge is 2.32. The largest absolute Gasteiger partial charge is 0.311 e. The molecule has 1 aliphatic heterocycles. The van der Waals surface area contributed by atoms with Crippen LogP contribution in [0.5, 0.6) is 0 Å². The molecule has 3 aromatic rings. The Bertz CT molecular complexity index is 1210. The van der Waals surface area contributed by atoms with Crippen molar-refractivity contribution in [3.63, 3.8) is 0 Å². The van der Waals surface area contributed by atoms with Gasteiger partial charge in [-0.2, -0.15) is 0 Å². The van der Waals surface area contributed by atoms with Gasteiger partial charge in [0.1, 0.15) is 0 Å². The van der Waals surface area contributed by atoms with Gasteiger partial charge in [-0.15, -0.1) is 0 Å². The number of carbonyl (C=O) groups is 1. The molecule has 1 heterocycles. The van der Waals surface area contributed by atoms with E-state index in [2.05, 4.69) is 4.72 Å². The van der Waals surface area contributed by atoms with Crippen LogP contribution in [-0.2, 0) is 21.2 Å². The van der Waals surface area contributed by atoms with E-state index >= 15 is 0 Å². The molecule has 0 aromatic heterocycles. The van der Waals surface area contributed by atoms with E-state index < -0.39 is 15.4 Å². The summed E-state index contributed by atoms with van der Waals surface area (Å²) in [7, 11) is -3.74. The fourth-order valence-electron chi connectivity index (χ4n) is 3.61. The van der Waals surface area contributed by atoms with E-state index in [-0.39, 0.29) is 10.8 Å². The van der Waals surface area contributed by atoms with Crippen LogP contribution < -0.4 is 9.62 Å². The maximum absolute atomic E-state index is 12.9. The lowest BCUT2D eigenvalue weighted by Gasteiger charge is -2.26. The van der Waals surface area contributed by atoms with Crippen LogP contribution in [-0.4, -0.2) is 20.9 Å². The van der Waals surface area contributed by atoms with E-state index in [1.807, 2.05) is 51.1 Å². The quantitative estimate of drug-likeness (QED) is 0.690. The number of fused-ring (bicyclic) bond motifs is 2. The molecule has 150 valence electrons. The number of nitrogens with one attached hydrogen (secondary N) is 1.